The summed E-state index contributed by atoms with van der Waals surface area (Å²) in [6, 6.07) is -0.633. The maximum Gasteiger partial charge on any atom is 0.305 e. The molecule has 6 heteroatoms. The molecule has 2 atom stereocenters. The number of aliphatic hydroxyl groups excluding tert-OH is 2. The van der Waals surface area contributed by atoms with E-state index in [1.165, 1.54) is 295 Å². The molecule has 3 N–H and O–H groups in total. The number of carbonyl (C=O) groups is 2. The Hall–Kier alpha value is -1.92. The number of amides is 1. The summed E-state index contributed by atoms with van der Waals surface area (Å²) in [6.45, 7) is 4.83. The second-order valence-electron chi connectivity index (χ2n) is 23.5. The molecule has 0 bridgehead atoms. The molecule has 0 saturated carbocycles. The molecule has 0 heterocycles. The van der Waals surface area contributed by atoms with Gasteiger partial charge in [0.25, 0.3) is 0 Å². The van der Waals surface area contributed by atoms with E-state index in [9.17, 15) is 19.8 Å². The van der Waals surface area contributed by atoms with Crippen LogP contribution in [0.2, 0.25) is 0 Å². The molecule has 0 aliphatic heterocycles. The zero-order chi connectivity index (χ0) is 55.0. The van der Waals surface area contributed by atoms with Crippen molar-refractivity contribution in [2.24, 2.45) is 0 Å². The van der Waals surface area contributed by atoms with Crippen LogP contribution in [-0.4, -0.2) is 47.4 Å². The van der Waals surface area contributed by atoms with Gasteiger partial charge in [-0.05, 0) is 51.4 Å². The SMILES string of the molecule is CCCCCCCCCCCCCCCCCCCCCCCC/C=C/C(O)C(CO)NC(=O)CCCCCCCCCCCCCCCC/C=C\C/C=C\CCOC(=O)CCCCCCCCCCCCCCCC. The van der Waals surface area contributed by atoms with E-state index in [4.69, 9.17) is 4.74 Å². The highest BCUT2D eigenvalue weighted by molar-refractivity contribution is 5.76. The fourth-order valence-corrected chi connectivity index (χ4v) is 10.7. The summed E-state index contributed by atoms with van der Waals surface area (Å²) in [5.74, 6) is -0.102. The Balaban J connectivity index is 3.47. The molecule has 76 heavy (non-hydrogen) atoms. The Bertz CT molecular complexity index is 1230. The van der Waals surface area contributed by atoms with Gasteiger partial charge < -0.3 is 20.3 Å². The number of nitrogens with one attached hydrogen (secondary N) is 1. The first kappa shape index (κ1) is 74.1. The van der Waals surface area contributed by atoms with Crippen molar-refractivity contribution in [2.75, 3.05) is 13.2 Å². The highest BCUT2D eigenvalue weighted by atomic mass is 16.5. The predicted molar refractivity (Wildman–Crippen MR) is 333 cm³/mol. The van der Waals surface area contributed by atoms with Gasteiger partial charge in [-0.2, -0.15) is 0 Å². The fourth-order valence-electron chi connectivity index (χ4n) is 10.7. The number of ether oxygens (including phenoxy) is 1. The number of aliphatic hydroxyl groups is 2. The van der Waals surface area contributed by atoms with Crippen LogP contribution in [-0.2, 0) is 14.3 Å². The summed E-state index contributed by atoms with van der Waals surface area (Å²) >= 11 is 0. The van der Waals surface area contributed by atoms with Crippen molar-refractivity contribution in [2.45, 2.75) is 386 Å². The van der Waals surface area contributed by atoms with Crippen molar-refractivity contribution in [3.63, 3.8) is 0 Å². The van der Waals surface area contributed by atoms with Gasteiger partial charge in [-0.1, -0.05) is 346 Å². The van der Waals surface area contributed by atoms with Crippen LogP contribution in [0.3, 0.4) is 0 Å². The first-order valence-electron chi connectivity index (χ1n) is 34.3. The normalized spacial score (nSPS) is 12.7. The highest BCUT2D eigenvalue weighted by Gasteiger charge is 2.18. The molecular formula is C70H133NO5. The predicted octanol–water partition coefficient (Wildman–Crippen LogP) is 21.9. The quantitative estimate of drug-likeness (QED) is 0.0320. The minimum absolute atomic E-state index is 0.0330. The number of hydrogen-bond acceptors (Lipinski definition) is 5. The van der Waals surface area contributed by atoms with Crippen LogP contribution in [0.5, 0.6) is 0 Å². The van der Waals surface area contributed by atoms with Gasteiger partial charge in [-0.25, -0.2) is 0 Å². The van der Waals surface area contributed by atoms with Crippen molar-refractivity contribution >= 4 is 11.9 Å². The molecule has 1 amide bonds. The molecule has 0 aliphatic carbocycles. The maximum atomic E-state index is 12.5. The van der Waals surface area contributed by atoms with Crippen LogP contribution < -0.4 is 5.32 Å². The van der Waals surface area contributed by atoms with E-state index in [0.717, 1.165) is 51.4 Å². The topological polar surface area (TPSA) is 95.9 Å². The van der Waals surface area contributed by atoms with Gasteiger partial charge in [-0.3, -0.25) is 9.59 Å². The van der Waals surface area contributed by atoms with Crippen molar-refractivity contribution < 1.29 is 24.5 Å². The average molecular weight is 1070 g/mol. The first-order chi connectivity index (χ1) is 37.5. The van der Waals surface area contributed by atoms with Gasteiger partial charge in [0, 0.05) is 12.8 Å². The molecule has 0 fully saturated rings. The maximum absolute atomic E-state index is 12.5. The number of esters is 1. The molecule has 0 saturated heterocycles. The van der Waals surface area contributed by atoms with Crippen LogP contribution in [0.1, 0.15) is 373 Å². The van der Waals surface area contributed by atoms with Crippen molar-refractivity contribution in [3.05, 3.63) is 36.5 Å². The number of unbranched alkanes of at least 4 members (excludes halogenated alkanes) is 49. The lowest BCUT2D eigenvalue weighted by Crippen LogP contribution is -2.45. The van der Waals surface area contributed by atoms with Gasteiger partial charge in [0.15, 0.2) is 0 Å². The molecule has 448 valence electrons. The molecule has 2 unspecified atom stereocenters. The minimum Gasteiger partial charge on any atom is -0.465 e. The molecule has 0 rings (SSSR count). The Morgan fingerprint density at radius 1 is 0.368 bits per heavy atom. The summed E-state index contributed by atoms with van der Waals surface area (Å²) in [7, 11) is 0. The largest absolute Gasteiger partial charge is 0.465 e. The lowest BCUT2D eigenvalue weighted by atomic mass is 10.0. The van der Waals surface area contributed by atoms with Crippen molar-refractivity contribution in [3.8, 4) is 0 Å². The Kier molecular flexibility index (Phi) is 63.9. The number of rotatable bonds is 64. The molecule has 0 spiro atoms. The number of carbonyl (C=O) groups excluding carboxylic acids is 2. The van der Waals surface area contributed by atoms with Crippen LogP contribution in [0.25, 0.3) is 0 Å². The van der Waals surface area contributed by atoms with Gasteiger partial charge in [0.1, 0.15) is 0 Å². The molecule has 0 aliphatic rings. The monoisotopic (exact) mass is 1070 g/mol. The van der Waals surface area contributed by atoms with Crippen molar-refractivity contribution in [1.29, 1.82) is 0 Å². The molecule has 6 nitrogen and oxygen atoms in total. The second kappa shape index (κ2) is 65.6. The van der Waals surface area contributed by atoms with Crippen LogP contribution >= 0.6 is 0 Å². The van der Waals surface area contributed by atoms with E-state index >= 15 is 0 Å². The van der Waals surface area contributed by atoms with Gasteiger partial charge >= 0.3 is 5.97 Å². The molecular weight excluding hydrogens is 935 g/mol. The Morgan fingerprint density at radius 2 is 0.658 bits per heavy atom. The first-order valence-corrected chi connectivity index (χ1v) is 34.3. The summed E-state index contributed by atoms with van der Waals surface area (Å²) < 4.78 is 5.42. The lowest BCUT2D eigenvalue weighted by molar-refractivity contribution is -0.143. The van der Waals surface area contributed by atoms with E-state index in [1.807, 2.05) is 6.08 Å². The third kappa shape index (κ3) is 61.3. The lowest BCUT2D eigenvalue weighted by Gasteiger charge is -2.20. The zero-order valence-electron chi connectivity index (χ0n) is 51.3. The van der Waals surface area contributed by atoms with Gasteiger partial charge in [-0.15, -0.1) is 0 Å². The minimum atomic E-state index is -0.850. The van der Waals surface area contributed by atoms with Crippen LogP contribution in [0.15, 0.2) is 36.5 Å². The third-order valence-corrected chi connectivity index (χ3v) is 15.9. The molecule has 0 aromatic rings. The summed E-state index contributed by atoms with van der Waals surface area (Å²) in [6.07, 6.45) is 83.7. The molecule has 0 aromatic carbocycles. The number of allylic oxidation sites excluding steroid dienone is 4. The van der Waals surface area contributed by atoms with E-state index in [-0.39, 0.29) is 18.5 Å². The summed E-state index contributed by atoms with van der Waals surface area (Å²) in [5.41, 5.74) is 0. The number of hydrogen-bond donors (Lipinski definition) is 3. The fraction of sp³-hybridized carbons (Fsp3) is 0.886. The van der Waals surface area contributed by atoms with E-state index in [1.54, 1.807) is 6.08 Å². The standard InChI is InChI=1S/C70H133NO5/c1-3-5-7-9-11-13-15-17-19-20-21-22-23-24-26-29-32-35-38-42-46-50-54-58-62-68(73)67(66-72)71-69(74)63-59-55-51-47-43-39-36-33-30-27-25-28-31-34-37-41-45-49-53-57-61-65-76-70(75)64-60-56-52-48-44-40-18-16-14-12-10-8-6-4-2/h41,45,53,57-58,62,67-68,72-73H,3-40,42-44,46-52,54-56,59-61,63-66H2,1-2H3,(H,71,74)/b45-41-,57-53-,62-58+. The van der Waals surface area contributed by atoms with E-state index in [0.29, 0.717) is 19.4 Å². The molecule has 0 radical (unpaired) electrons. The highest BCUT2D eigenvalue weighted by Crippen LogP contribution is 2.18. The Morgan fingerprint density at radius 3 is 1.00 bits per heavy atom. The van der Waals surface area contributed by atoms with Crippen molar-refractivity contribution in [1.82, 2.24) is 5.32 Å². The van der Waals surface area contributed by atoms with Gasteiger partial charge in [0.2, 0.25) is 5.91 Å². The summed E-state index contributed by atoms with van der Waals surface area (Å²) in [5, 5.41) is 23.3. The van der Waals surface area contributed by atoms with E-state index in [2.05, 4.69) is 43.5 Å². The van der Waals surface area contributed by atoms with Crippen LogP contribution in [0.4, 0.5) is 0 Å². The van der Waals surface area contributed by atoms with Crippen LogP contribution in [0, 0.1) is 0 Å². The smallest absolute Gasteiger partial charge is 0.305 e. The zero-order valence-corrected chi connectivity index (χ0v) is 51.3. The second-order valence-corrected chi connectivity index (χ2v) is 23.5. The summed E-state index contributed by atoms with van der Waals surface area (Å²) in [4.78, 5) is 24.6. The average Bonchev–Trinajstić information content (AvgIpc) is 3.42. The molecule has 0 aromatic heterocycles. The van der Waals surface area contributed by atoms with E-state index < -0.39 is 12.1 Å². The van der Waals surface area contributed by atoms with Gasteiger partial charge in [0.05, 0.1) is 25.4 Å². The third-order valence-electron chi connectivity index (χ3n) is 15.9. The Labute approximate surface area is 474 Å².